The van der Waals surface area contributed by atoms with Gasteiger partial charge in [-0.05, 0) is 35.6 Å². The predicted octanol–water partition coefficient (Wildman–Crippen LogP) is 1.67. The van der Waals surface area contributed by atoms with Crippen molar-refractivity contribution in [2.24, 2.45) is 17.4 Å². The number of nitrogens with one attached hydrogen (secondary N) is 3. The van der Waals surface area contributed by atoms with Crippen molar-refractivity contribution in [3.8, 4) is 0 Å². The fourth-order valence-corrected chi connectivity index (χ4v) is 2.96. The number of amidine groups is 2. The van der Waals surface area contributed by atoms with E-state index in [1.807, 2.05) is 36.4 Å². The summed E-state index contributed by atoms with van der Waals surface area (Å²) in [6, 6.07) is 14.8. The molecule has 25 heavy (non-hydrogen) atoms. The number of amides is 1. The Kier molecular flexibility index (Phi) is 4.52. The van der Waals surface area contributed by atoms with Gasteiger partial charge >= 0.3 is 0 Å². The predicted molar refractivity (Wildman–Crippen MR) is 97.6 cm³/mol. The normalized spacial score (nSPS) is 18.4. The summed E-state index contributed by atoms with van der Waals surface area (Å²) in [7, 11) is 0. The van der Waals surface area contributed by atoms with Crippen LogP contribution in [-0.4, -0.2) is 17.6 Å². The molecule has 2 aromatic carbocycles. The Morgan fingerprint density at radius 2 is 1.68 bits per heavy atom. The molecule has 128 valence electrons. The molecular weight excluding hydrogens is 314 g/mol. The Bertz CT molecular complexity index is 845. The summed E-state index contributed by atoms with van der Waals surface area (Å²) in [6.45, 7) is 0.413. The first kappa shape index (κ1) is 16.7. The quantitative estimate of drug-likeness (QED) is 0.407. The average Bonchev–Trinajstić information content (AvgIpc) is 3.41. The van der Waals surface area contributed by atoms with E-state index in [1.54, 1.807) is 12.1 Å². The number of nitrogens with two attached hydrogens (primary N) is 2. The van der Waals surface area contributed by atoms with Gasteiger partial charge in [-0.3, -0.25) is 15.6 Å². The molecule has 1 fully saturated rings. The highest BCUT2D eigenvalue weighted by Gasteiger charge is 2.43. The monoisotopic (exact) mass is 335 g/mol. The van der Waals surface area contributed by atoms with Crippen LogP contribution in [-0.2, 0) is 11.3 Å². The van der Waals surface area contributed by atoms with E-state index in [4.69, 9.17) is 22.3 Å². The second-order valence-electron chi connectivity index (χ2n) is 6.32. The van der Waals surface area contributed by atoms with Crippen molar-refractivity contribution in [3.63, 3.8) is 0 Å². The van der Waals surface area contributed by atoms with Crippen molar-refractivity contribution < 1.29 is 4.79 Å². The molecule has 3 rings (SSSR count). The van der Waals surface area contributed by atoms with E-state index in [1.165, 1.54) is 0 Å². The highest BCUT2D eigenvalue weighted by atomic mass is 16.2. The zero-order chi connectivity index (χ0) is 18.0. The number of carbonyl (C=O) groups excluding carboxylic acids is 1. The Balaban J connectivity index is 1.59. The van der Waals surface area contributed by atoms with Crippen LogP contribution in [0.4, 0.5) is 0 Å². The third-order valence-corrected chi connectivity index (χ3v) is 4.46. The molecule has 0 spiro atoms. The standard InChI is InChI=1S/C19H21N5O/c20-17(21)13-5-1-3-11(7-13)10-24-19(25)16-9-15(16)12-4-2-6-14(8-12)18(22)23/h1-8,15-16H,9-10H2,(H3,20,21)(H3,22,23)(H,24,25)/t15-,16+/m0/s1. The summed E-state index contributed by atoms with van der Waals surface area (Å²) < 4.78 is 0. The maximum atomic E-state index is 12.4. The minimum atomic E-state index is -0.0433. The summed E-state index contributed by atoms with van der Waals surface area (Å²) >= 11 is 0. The van der Waals surface area contributed by atoms with Gasteiger partial charge in [-0.25, -0.2) is 0 Å². The maximum Gasteiger partial charge on any atom is 0.224 e. The molecular formula is C19H21N5O. The van der Waals surface area contributed by atoms with Gasteiger partial charge in [0.25, 0.3) is 0 Å². The van der Waals surface area contributed by atoms with E-state index in [2.05, 4.69) is 5.32 Å². The van der Waals surface area contributed by atoms with E-state index in [0.717, 1.165) is 17.5 Å². The summed E-state index contributed by atoms with van der Waals surface area (Å²) in [4.78, 5) is 12.4. The topological polar surface area (TPSA) is 129 Å². The third kappa shape index (κ3) is 3.85. The first-order chi connectivity index (χ1) is 12.0. The average molecular weight is 335 g/mol. The fourth-order valence-electron chi connectivity index (χ4n) is 2.96. The molecule has 0 aromatic heterocycles. The molecule has 7 N–H and O–H groups in total. The number of carbonyl (C=O) groups is 1. The Labute approximate surface area is 146 Å². The van der Waals surface area contributed by atoms with Gasteiger partial charge in [-0.15, -0.1) is 0 Å². The zero-order valence-corrected chi connectivity index (χ0v) is 13.8. The molecule has 6 nitrogen and oxygen atoms in total. The Morgan fingerprint density at radius 1 is 1.04 bits per heavy atom. The van der Waals surface area contributed by atoms with Crippen molar-refractivity contribution >= 4 is 17.6 Å². The summed E-state index contributed by atoms with van der Waals surface area (Å²) in [5.74, 6) is 0.210. The molecule has 2 aromatic rings. The third-order valence-electron chi connectivity index (χ3n) is 4.46. The molecule has 0 bridgehead atoms. The van der Waals surface area contributed by atoms with E-state index >= 15 is 0 Å². The van der Waals surface area contributed by atoms with Gasteiger partial charge in [0.2, 0.25) is 5.91 Å². The highest BCUT2D eigenvalue weighted by molar-refractivity contribution is 5.95. The van der Waals surface area contributed by atoms with Gasteiger partial charge in [-0.1, -0.05) is 36.4 Å². The molecule has 6 heteroatoms. The van der Waals surface area contributed by atoms with Gasteiger partial charge in [0.1, 0.15) is 11.7 Å². The Hall–Kier alpha value is -3.15. The first-order valence-electron chi connectivity index (χ1n) is 8.11. The molecule has 0 radical (unpaired) electrons. The first-order valence-corrected chi connectivity index (χ1v) is 8.11. The molecule has 1 aliphatic carbocycles. The Morgan fingerprint density at radius 3 is 2.36 bits per heavy atom. The molecule has 1 aliphatic rings. The summed E-state index contributed by atoms with van der Waals surface area (Å²) in [6.07, 6.45) is 0.806. The lowest BCUT2D eigenvalue weighted by molar-refractivity contribution is -0.122. The molecule has 0 heterocycles. The van der Waals surface area contributed by atoms with E-state index in [-0.39, 0.29) is 29.4 Å². The molecule has 0 saturated heterocycles. The van der Waals surface area contributed by atoms with Crippen LogP contribution in [0.2, 0.25) is 0 Å². The second-order valence-corrected chi connectivity index (χ2v) is 6.32. The molecule has 1 saturated carbocycles. The van der Waals surface area contributed by atoms with Gasteiger partial charge in [0.15, 0.2) is 0 Å². The van der Waals surface area contributed by atoms with Crippen LogP contribution in [0.5, 0.6) is 0 Å². The SMILES string of the molecule is N=C(N)c1cccc(CNC(=O)[C@@H]2C[C@H]2c2cccc(C(=N)N)c2)c1. The second kappa shape index (κ2) is 6.76. The zero-order valence-electron chi connectivity index (χ0n) is 13.8. The van der Waals surface area contributed by atoms with Gasteiger partial charge in [-0.2, -0.15) is 0 Å². The lowest BCUT2D eigenvalue weighted by atomic mass is 10.0. The van der Waals surface area contributed by atoms with Crippen molar-refractivity contribution in [1.82, 2.24) is 5.32 Å². The number of hydrogen-bond acceptors (Lipinski definition) is 3. The fraction of sp³-hybridized carbons (Fsp3) is 0.211. The van der Waals surface area contributed by atoms with E-state index < -0.39 is 0 Å². The van der Waals surface area contributed by atoms with Crippen LogP contribution >= 0.6 is 0 Å². The van der Waals surface area contributed by atoms with E-state index in [0.29, 0.717) is 17.7 Å². The summed E-state index contributed by atoms with van der Waals surface area (Å²) in [5, 5.41) is 17.9. The largest absolute Gasteiger partial charge is 0.384 e. The van der Waals surface area contributed by atoms with Crippen LogP contribution < -0.4 is 16.8 Å². The van der Waals surface area contributed by atoms with Crippen LogP contribution in [0.25, 0.3) is 0 Å². The lowest BCUT2D eigenvalue weighted by Gasteiger charge is -2.07. The van der Waals surface area contributed by atoms with Crippen molar-refractivity contribution in [1.29, 1.82) is 10.8 Å². The number of benzene rings is 2. The van der Waals surface area contributed by atoms with Crippen LogP contribution in [0.15, 0.2) is 48.5 Å². The molecule has 0 aliphatic heterocycles. The van der Waals surface area contributed by atoms with Crippen LogP contribution in [0.3, 0.4) is 0 Å². The molecule has 0 unspecified atom stereocenters. The highest BCUT2D eigenvalue weighted by Crippen LogP contribution is 2.47. The lowest BCUT2D eigenvalue weighted by Crippen LogP contribution is -2.25. The van der Waals surface area contributed by atoms with E-state index in [9.17, 15) is 4.79 Å². The minimum Gasteiger partial charge on any atom is -0.384 e. The maximum absolute atomic E-state index is 12.4. The molecule has 1 amide bonds. The van der Waals surface area contributed by atoms with Gasteiger partial charge in [0, 0.05) is 23.6 Å². The minimum absolute atomic E-state index is 0.0146. The van der Waals surface area contributed by atoms with Gasteiger partial charge in [0.05, 0.1) is 0 Å². The smallest absolute Gasteiger partial charge is 0.224 e. The van der Waals surface area contributed by atoms with Crippen molar-refractivity contribution in [3.05, 3.63) is 70.8 Å². The van der Waals surface area contributed by atoms with Crippen molar-refractivity contribution in [2.75, 3.05) is 0 Å². The number of hydrogen-bond donors (Lipinski definition) is 5. The summed E-state index contributed by atoms with van der Waals surface area (Å²) in [5.41, 5.74) is 14.3. The van der Waals surface area contributed by atoms with Crippen molar-refractivity contribution in [2.45, 2.75) is 18.9 Å². The van der Waals surface area contributed by atoms with Crippen LogP contribution in [0.1, 0.15) is 34.6 Å². The number of rotatable bonds is 6. The van der Waals surface area contributed by atoms with Gasteiger partial charge < -0.3 is 16.8 Å². The number of nitrogen functional groups attached to an aromatic ring is 2. The van der Waals surface area contributed by atoms with Crippen LogP contribution in [0, 0.1) is 16.7 Å². The molecule has 2 atom stereocenters.